The Morgan fingerprint density at radius 1 is 1.17 bits per heavy atom. The van der Waals surface area contributed by atoms with Crippen molar-refractivity contribution in [3.05, 3.63) is 29.3 Å². The van der Waals surface area contributed by atoms with Crippen molar-refractivity contribution in [2.75, 3.05) is 6.61 Å². The van der Waals surface area contributed by atoms with E-state index in [1.165, 1.54) is 6.07 Å². The van der Waals surface area contributed by atoms with Gasteiger partial charge in [0, 0.05) is 0 Å². The first-order valence-electron chi connectivity index (χ1n) is 6.66. The number of carbonyl (C=O) groups excluding carboxylic acids is 1. The topological polar surface area (TPSA) is 46.2 Å². The second kappa shape index (κ2) is 7.75. The van der Waals surface area contributed by atoms with Crippen molar-refractivity contribution in [3.63, 3.8) is 0 Å². The zero-order chi connectivity index (χ0) is 13.4. The number of unbranched alkanes of at least 4 members (excludes halogenated alkanes) is 3. The molecule has 0 bridgehead atoms. The van der Waals surface area contributed by atoms with Gasteiger partial charge in [-0.1, -0.05) is 45.2 Å². The molecule has 1 aromatic carbocycles. The Balaban J connectivity index is 2.56. The fourth-order valence-corrected chi connectivity index (χ4v) is 1.87. The van der Waals surface area contributed by atoms with Crippen LogP contribution in [0.25, 0.3) is 0 Å². The van der Waals surface area contributed by atoms with Crippen LogP contribution in [0.2, 0.25) is 0 Å². The number of hydrogen-bond acceptors (Lipinski definition) is 2. The molecule has 0 aliphatic rings. The van der Waals surface area contributed by atoms with Gasteiger partial charge in [0.2, 0.25) is 0 Å². The summed E-state index contributed by atoms with van der Waals surface area (Å²) in [5.74, 6) is -0.721. The third kappa shape index (κ3) is 4.06. The predicted octanol–water partition coefficient (Wildman–Crippen LogP) is 4.13. The second-order valence-electron chi connectivity index (χ2n) is 4.34. The molecule has 1 radical (unpaired) electrons. The van der Waals surface area contributed by atoms with Gasteiger partial charge in [-0.2, -0.15) is 0 Å². The van der Waals surface area contributed by atoms with Crippen molar-refractivity contribution < 1.29 is 14.6 Å². The third-order valence-electron chi connectivity index (χ3n) is 2.93. The van der Waals surface area contributed by atoms with E-state index < -0.39 is 5.97 Å². The van der Waals surface area contributed by atoms with Crippen molar-refractivity contribution >= 4 is 5.97 Å². The van der Waals surface area contributed by atoms with Crippen LogP contribution in [-0.2, 0) is 16.3 Å². The van der Waals surface area contributed by atoms with Gasteiger partial charge < -0.3 is 4.74 Å². The van der Waals surface area contributed by atoms with Crippen LogP contribution < -0.4 is 0 Å². The molecule has 0 saturated carbocycles. The molecular formula is C15H21O3. The molecule has 0 aliphatic heterocycles. The van der Waals surface area contributed by atoms with Gasteiger partial charge in [0.15, 0.2) is 5.75 Å². The van der Waals surface area contributed by atoms with Crippen LogP contribution in [-0.4, -0.2) is 12.6 Å². The first kappa shape index (κ1) is 14.6. The van der Waals surface area contributed by atoms with E-state index >= 15 is 0 Å². The predicted molar refractivity (Wildman–Crippen MR) is 70.4 cm³/mol. The van der Waals surface area contributed by atoms with E-state index in [1.807, 2.05) is 6.92 Å². The summed E-state index contributed by atoms with van der Waals surface area (Å²) in [5, 5.41) is 11.7. The van der Waals surface area contributed by atoms with Crippen molar-refractivity contribution in [3.8, 4) is 5.75 Å². The van der Waals surface area contributed by atoms with Gasteiger partial charge in [-0.3, -0.25) is 5.11 Å². The van der Waals surface area contributed by atoms with Gasteiger partial charge in [-0.15, -0.1) is 0 Å². The van der Waals surface area contributed by atoms with E-state index in [4.69, 9.17) is 4.74 Å². The van der Waals surface area contributed by atoms with E-state index in [1.54, 1.807) is 12.1 Å². The molecule has 0 aliphatic carbocycles. The van der Waals surface area contributed by atoms with Gasteiger partial charge >= 0.3 is 5.97 Å². The molecule has 0 spiro atoms. The van der Waals surface area contributed by atoms with Gasteiger partial charge in [0.05, 0.1) is 6.61 Å². The summed E-state index contributed by atoms with van der Waals surface area (Å²) in [6.45, 7) is 4.45. The van der Waals surface area contributed by atoms with Crippen molar-refractivity contribution in [1.29, 1.82) is 0 Å². The zero-order valence-corrected chi connectivity index (χ0v) is 11.2. The van der Waals surface area contributed by atoms with E-state index in [2.05, 4.69) is 6.92 Å². The van der Waals surface area contributed by atoms with E-state index in [-0.39, 0.29) is 11.3 Å². The number of aryl methyl sites for hydroxylation is 1. The first-order valence-corrected chi connectivity index (χ1v) is 6.66. The SMILES string of the molecule is CCCCCCOC(=O)c1c([O])cccc1CC. The Labute approximate surface area is 109 Å². The van der Waals surface area contributed by atoms with E-state index in [0.29, 0.717) is 13.0 Å². The van der Waals surface area contributed by atoms with Crippen LogP contribution in [0.1, 0.15) is 55.5 Å². The highest BCUT2D eigenvalue weighted by Gasteiger charge is 2.17. The van der Waals surface area contributed by atoms with Crippen LogP contribution in [0.5, 0.6) is 5.75 Å². The quantitative estimate of drug-likeness (QED) is 0.538. The number of carbonyl (C=O) groups is 1. The average molecular weight is 249 g/mol. The summed E-state index contributed by atoms with van der Waals surface area (Å²) in [4.78, 5) is 11.9. The second-order valence-corrected chi connectivity index (χ2v) is 4.34. The summed E-state index contributed by atoms with van der Waals surface area (Å²) >= 11 is 0. The molecule has 0 unspecified atom stereocenters. The number of hydrogen-bond donors (Lipinski definition) is 0. The lowest BCUT2D eigenvalue weighted by Gasteiger charge is -2.08. The smallest absolute Gasteiger partial charge is 0.342 e. The fraction of sp³-hybridized carbons (Fsp3) is 0.533. The Kier molecular flexibility index (Phi) is 6.26. The van der Waals surface area contributed by atoms with Gasteiger partial charge in [0.25, 0.3) is 0 Å². The molecule has 0 atom stereocenters. The number of rotatable bonds is 7. The highest BCUT2D eigenvalue weighted by Crippen LogP contribution is 2.23. The molecule has 0 amide bonds. The molecule has 3 nitrogen and oxygen atoms in total. The van der Waals surface area contributed by atoms with E-state index in [9.17, 15) is 9.90 Å². The van der Waals surface area contributed by atoms with Crippen molar-refractivity contribution in [2.45, 2.75) is 46.0 Å². The maximum absolute atomic E-state index is 11.9. The summed E-state index contributed by atoms with van der Waals surface area (Å²) in [7, 11) is 0. The standard InChI is InChI=1S/C15H21O3/c1-3-5-6-7-11-18-15(17)14-12(4-2)9-8-10-13(14)16/h8-10H,3-7,11H2,1-2H3. The molecule has 99 valence electrons. The fourth-order valence-electron chi connectivity index (χ4n) is 1.87. The number of benzene rings is 1. The molecule has 0 heterocycles. The monoisotopic (exact) mass is 249 g/mol. The lowest BCUT2D eigenvalue weighted by Crippen LogP contribution is -2.09. The van der Waals surface area contributed by atoms with E-state index in [0.717, 1.165) is 31.2 Å². The molecule has 0 saturated heterocycles. The minimum atomic E-state index is -0.478. The maximum Gasteiger partial charge on any atom is 0.342 e. The normalized spacial score (nSPS) is 10.3. The van der Waals surface area contributed by atoms with Crippen LogP contribution in [0.15, 0.2) is 18.2 Å². The van der Waals surface area contributed by atoms with Crippen LogP contribution in [0, 0.1) is 0 Å². The van der Waals surface area contributed by atoms with Gasteiger partial charge in [-0.25, -0.2) is 4.79 Å². The minimum absolute atomic E-state index is 0.204. The summed E-state index contributed by atoms with van der Waals surface area (Å²) in [6.07, 6.45) is 4.88. The van der Waals surface area contributed by atoms with Crippen LogP contribution >= 0.6 is 0 Å². The largest absolute Gasteiger partial charge is 0.462 e. The summed E-state index contributed by atoms with van der Waals surface area (Å²) < 4.78 is 5.16. The molecule has 1 rings (SSSR count). The molecule has 3 heteroatoms. The van der Waals surface area contributed by atoms with Gasteiger partial charge in [0.1, 0.15) is 5.56 Å². The number of esters is 1. The maximum atomic E-state index is 11.9. The first-order chi connectivity index (χ1) is 8.70. The minimum Gasteiger partial charge on any atom is -0.462 e. The van der Waals surface area contributed by atoms with Crippen molar-refractivity contribution in [1.82, 2.24) is 0 Å². The molecule has 0 N–H and O–H groups in total. The molecule has 0 fully saturated rings. The average Bonchev–Trinajstić information content (AvgIpc) is 2.37. The van der Waals surface area contributed by atoms with Crippen LogP contribution in [0.4, 0.5) is 0 Å². The Morgan fingerprint density at radius 2 is 1.94 bits per heavy atom. The highest BCUT2D eigenvalue weighted by atomic mass is 16.5. The molecular weight excluding hydrogens is 228 g/mol. The molecule has 18 heavy (non-hydrogen) atoms. The summed E-state index contributed by atoms with van der Waals surface area (Å²) in [6, 6.07) is 4.89. The zero-order valence-electron chi connectivity index (χ0n) is 11.2. The third-order valence-corrected chi connectivity index (χ3v) is 2.93. The summed E-state index contributed by atoms with van der Waals surface area (Å²) in [5.41, 5.74) is 0.969. The molecule has 1 aromatic rings. The Bertz CT molecular complexity index is 385. The molecule has 0 aromatic heterocycles. The number of ether oxygens (including phenoxy) is 1. The lowest BCUT2D eigenvalue weighted by molar-refractivity contribution is 0.0491. The van der Waals surface area contributed by atoms with Crippen molar-refractivity contribution in [2.24, 2.45) is 0 Å². The Morgan fingerprint density at radius 3 is 2.61 bits per heavy atom. The Hall–Kier alpha value is -1.51. The highest BCUT2D eigenvalue weighted by molar-refractivity contribution is 5.94. The lowest BCUT2D eigenvalue weighted by atomic mass is 10.0. The van der Waals surface area contributed by atoms with Gasteiger partial charge in [-0.05, 0) is 24.5 Å². The van der Waals surface area contributed by atoms with Crippen LogP contribution in [0.3, 0.4) is 0 Å².